The quantitative estimate of drug-likeness (QED) is 0.654. The van der Waals surface area contributed by atoms with Crippen LogP contribution in [0.4, 0.5) is 0 Å². The highest BCUT2D eigenvalue weighted by molar-refractivity contribution is 7.09. The molecule has 1 aliphatic carbocycles. The van der Waals surface area contributed by atoms with Crippen molar-refractivity contribution in [2.75, 3.05) is 19.6 Å². The maximum absolute atomic E-state index is 12.3. The van der Waals surface area contributed by atoms with E-state index in [1.165, 1.54) is 4.88 Å². The number of carbonyl (C=O) groups excluding carboxylic acids is 2. The molecule has 0 atom stereocenters. The van der Waals surface area contributed by atoms with Crippen molar-refractivity contribution in [1.29, 1.82) is 0 Å². The third kappa shape index (κ3) is 5.39. The van der Waals surface area contributed by atoms with Gasteiger partial charge in [0.2, 0.25) is 5.91 Å². The van der Waals surface area contributed by atoms with Crippen LogP contribution in [0.5, 0.6) is 5.75 Å². The number of nitrogens with one attached hydrogen (secondary N) is 1. The fourth-order valence-electron chi connectivity index (χ4n) is 3.78. The van der Waals surface area contributed by atoms with Gasteiger partial charge in [0.15, 0.2) is 0 Å². The number of aryl methyl sites for hydroxylation is 2. The van der Waals surface area contributed by atoms with Crippen molar-refractivity contribution < 1.29 is 14.3 Å². The summed E-state index contributed by atoms with van der Waals surface area (Å²) in [6.45, 7) is 4.22. The molecule has 2 amide bonds. The first-order valence-corrected chi connectivity index (χ1v) is 11.7. The van der Waals surface area contributed by atoms with Gasteiger partial charge in [-0.2, -0.15) is 0 Å². The number of aromatic nitrogens is 1. The molecule has 0 spiro atoms. The van der Waals surface area contributed by atoms with Crippen LogP contribution in [0.15, 0.2) is 29.8 Å². The Labute approximate surface area is 181 Å². The average molecular weight is 428 g/mol. The number of benzene rings is 1. The number of thiazole rings is 1. The minimum absolute atomic E-state index is 0.0607. The van der Waals surface area contributed by atoms with Crippen LogP contribution < -0.4 is 10.1 Å². The Morgan fingerprint density at radius 3 is 2.53 bits per heavy atom. The molecule has 30 heavy (non-hydrogen) atoms. The normalized spacial score (nSPS) is 17.0. The molecule has 4 rings (SSSR count). The van der Waals surface area contributed by atoms with Crippen molar-refractivity contribution >= 4 is 23.2 Å². The van der Waals surface area contributed by atoms with Gasteiger partial charge in [-0.3, -0.25) is 9.59 Å². The Balaban J connectivity index is 1.18. The van der Waals surface area contributed by atoms with Crippen molar-refractivity contribution in [2.45, 2.75) is 51.6 Å². The molecule has 1 aromatic carbocycles. The highest BCUT2D eigenvalue weighted by atomic mass is 32.1. The smallest absolute Gasteiger partial charge is 0.251 e. The summed E-state index contributed by atoms with van der Waals surface area (Å²) < 4.78 is 6.07. The lowest BCUT2D eigenvalue weighted by atomic mass is 10.1. The Hall–Kier alpha value is -2.41. The van der Waals surface area contributed by atoms with E-state index >= 15 is 0 Å². The van der Waals surface area contributed by atoms with Crippen LogP contribution in [0.25, 0.3) is 0 Å². The van der Waals surface area contributed by atoms with E-state index in [1.807, 2.05) is 41.6 Å². The van der Waals surface area contributed by atoms with Crippen LogP contribution >= 0.6 is 11.3 Å². The van der Waals surface area contributed by atoms with Crippen molar-refractivity contribution in [2.24, 2.45) is 5.92 Å². The first kappa shape index (κ1) is 20.8. The highest BCUT2D eigenvalue weighted by Gasteiger charge is 2.35. The number of rotatable bonds is 8. The lowest BCUT2D eigenvalue weighted by Crippen LogP contribution is -2.42. The van der Waals surface area contributed by atoms with Gasteiger partial charge in [0.25, 0.3) is 5.91 Å². The number of nitrogens with zero attached hydrogens (tertiary/aromatic N) is 2. The molecule has 1 aromatic heterocycles. The second-order valence-electron chi connectivity index (χ2n) is 8.16. The lowest BCUT2D eigenvalue weighted by Gasteiger charge is -2.32. The predicted molar refractivity (Wildman–Crippen MR) is 117 cm³/mol. The summed E-state index contributed by atoms with van der Waals surface area (Å²) in [5, 5.41) is 2.98. The number of amides is 2. The van der Waals surface area contributed by atoms with Gasteiger partial charge in [0.05, 0.1) is 11.2 Å². The van der Waals surface area contributed by atoms with E-state index in [0.29, 0.717) is 18.0 Å². The van der Waals surface area contributed by atoms with Crippen LogP contribution in [0, 0.1) is 12.8 Å². The molecule has 1 N–H and O–H groups in total. The Morgan fingerprint density at radius 2 is 1.90 bits per heavy atom. The average Bonchev–Trinajstić information content (AvgIpc) is 3.54. The fourth-order valence-corrected chi connectivity index (χ4v) is 4.60. The summed E-state index contributed by atoms with van der Waals surface area (Å²) in [5.41, 5.74) is 3.59. The van der Waals surface area contributed by atoms with Crippen molar-refractivity contribution in [3.8, 4) is 5.75 Å². The molecular formula is C23H29N3O3S. The zero-order valence-electron chi connectivity index (χ0n) is 17.4. The zero-order valence-corrected chi connectivity index (χ0v) is 18.2. The van der Waals surface area contributed by atoms with Crippen molar-refractivity contribution in [1.82, 2.24) is 15.2 Å². The number of ether oxygens (including phenoxy) is 1. The van der Waals surface area contributed by atoms with Crippen LogP contribution in [0.2, 0.25) is 0 Å². The van der Waals surface area contributed by atoms with Gasteiger partial charge in [-0.1, -0.05) is 0 Å². The van der Waals surface area contributed by atoms with Crippen LogP contribution in [-0.4, -0.2) is 47.4 Å². The molecule has 0 unspecified atom stereocenters. The minimum Gasteiger partial charge on any atom is -0.490 e. The van der Waals surface area contributed by atoms with Gasteiger partial charge in [-0.15, -0.1) is 11.3 Å². The third-order valence-electron chi connectivity index (χ3n) is 5.81. The van der Waals surface area contributed by atoms with Gasteiger partial charge in [0.1, 0.15) is 11.9 Å². The molecule has 1 aliphatic heterocycles. The number of piperidine rings is 1. The molecule has 1 saturated carbocycles. The van der Waals surface area contributed by atoms with Gasteiger partial charge >= 0.3 is 0 Å². The molecular weight excluding hydrogens is 398 g/mol. The maximum Gasteiger partial charge on any atom is 0.251 e. The summed E-state index contributed by atoms with van der Waals surface area (Å²) in [6, 6.07) is 7.34. The van der Waals surface area contributed by atoms with Gasteiger partial charge < -0.3 is 15.0 Å². The van der Waals surface area contributed by atoms with E-state index in [4.69, 9.17) is 4.74 Å². The summed E-state index contributed by atoms with van der Waals surface area (Å²) >= 11 is 1.67. The first-order chi connectivity index (χ1) is 14.6. The molecule has 6 nitrogen and oxygen atoms in total. The van der Waals surface area contributed by atoms with Crippen molar-refractivity contribution in [3.05, 3.63) is 45.9 Å². The first-order valence-electron chi connectivity index (χ1n) is 10.8. The van der Waals surface area contributed by atoms with Crippen LogP contribution in [-0.2, 0) is 11.2 Å². The standard InChI is InChI=1S/C23H29N3O3S/c1-16-21(30-15-25-16)3-2-12-24-22(27)17-6-8-19(9-7-17)29-20-10-13-26(14-11-20)23(28)18-4-5-18/h6-9,15,18,20H,2-5,10-14H2,1H3,(H,24,27). The van der Waals surface area contributed by atoms with Crippen LogP contribution in [0.1, 0.15) is 53.0 Å². The molecule has 1 saturated heterocycles. The van der Waals surface area contributed by atoms with E-state index in [9.17, 15) is 9.59 Å². The minimum atomic E-state index is -0.0607. The summed E-state index contributed by atoms with van der Waals surface area (Å²) in [7, 11) is 0. The number of likely N-dealkylation sites (tertiary alicyclic amines) is 1. The van der Waals surface area contributed by atoms with E-state index < -0.39 is 0 Å². The van der Waals surface area contributed by atoms with Crippen LogP contribution in [0.3, 0.4) is 0 Å². The van der Waals surface area contributed by atoms with Gasteiger partial charge in [0, 0.05) is 48.8 Å². The van der Waals surface area contributed by atoms with E-state index in [0.717, 1.165) is 63.1 Å². The Bertz CT molecular complexity index is 868. The molecule has 2 aromatic rings. The molecule has 2 aliphatic rings. The Morgan fingerprint density at radius 1 is 1.17 bits per heavy atom. The number of hydrogen-bond acceptors (Lipinski definition) is 5. The van der Waals surface area contributed by atoms with Crippen molar-refractivity contribution in [3.63, 3.8) is 0 Å². The molecule has 160 valence electrons. The highest BCUT2D eigenvalue weighted by Crippen LogP contribution is 2.32. The van der Waals surface area contributed by atoms with E-state index in [2.05, 4.69) is 10.3 Å². The maximum atomic E-state index is 12.3. The fraction of sp³-hybridized carbons (Fsp3) is 0.522. The second-order valence-corrected chi connectivity index (χ2v) is 9.10. The third-order valence-corrected chi connectivity index (χ3v) is 6.81. The second kappa shape index (κ2) is 9.60. The van der Waals surface area contributed by atoms with Gasteiger partial charge in [-0.25, -0.2) is 4.98 Å². The largest absolute Gasteiger partial charge is 0.490 e. The molecule has 0 bridgehead atoms. The van der Waals surface area contributed by atoms with E-state index in [1.54, 1.807) is 11.3 Å². The molecule has 7 heteroatoms. The Kier molecular flexibility index (Phi) is 6.67. The van der Waals surface area contributed by atoms with Gasteiger partial charge in [-0.05, 0) is 56.9 Å². The predicted octanol–water partition coefficient (Wildman–Crippen LogP) is 3.59. The SMILES string of the molecule is Cc1ncsc1CCCNC(=O)c1ccc(OC2CCN(C(=O)C3CC3)CC2)cc1. The topological polar surface area (TPSA) is 71.5 Å². The van der Waals surface area contributed by atoms with E-state index in [-0.39, 0.29) is 17.9 Å². The molecule has 0 radical (unpaired) electrons. The zero-order chi connectivity index (χ0) is 20.9. The molecule has 2 heterocycles. The summed E-state index contributed by atoms with van der Waals surface area (Å²) in [5.74, 6) is 1.33. The monoisotopic (exact) mass is 427 g/mol. The lowest BCUT2D eigenvalue weighted by molar-refractivity contribution is -0.134. The summed E-state index contributed by atoms with van der Waals surface area (Å²) in [4.78, 5) is 32.0. The number of hydrogen-bond donors (Lipinski definition) is 1. The summed E-state index contributed by atoms with van der Waals surface area (Å²) in [6.07, 6.45) is 5.80. The number of carbonyl (C=O) groups is 2. The molecule has 2 fully saturated rings.